The van der Waals surface area contributed by atoms with Gasteiger partial charge in [0.05, 0.1) is 6.54 Å². The fourth-order valence-corrected chi connectivity index (χ4v) is 3.97. The molecule has 166 valence electrons. The topological polar surface area (TPSA) is 69.8 Å². The zero-order valence-corrected chi connectivity index (χ0v) is 20.5. The molecular weight excluding hydrogens is 501 g/mol. The molecule has 1 aliphatic heterocycles. The zero-order chi connectivity index (χ0) is 20.6. The quantitative estimate of drug-likeness (QED) is 0.288. The first-order chi connectivity index (χ1) is 14.8. The molecule has 8 heteroatoms. The van der Waals surface area contributed by atoms with Gasteiger partial charge in [-0.15, -0.1) is 34.2 Å². The lowest BCUT2D eigenvalue weighted by Crippen LogP contribution is -2.36. The Morgan fingerprint density at radius 1 is 0.935 bits per heavy atom. The monoisotopic (exact) mass is 533 g/mol. The summed E-state index contributed by atoms with van der Waals surface area (Å²) < 4.78 is 1.98. The van der Waals surface area contributed by atoms with E-state index in [2.05, 4.69) is 55.0 Å². The first-order valence-electron chi connectivity index (χ1n) is 10.8. The van der Waals surface area contributed by atoms with Crippen molar-refractivity contribution < 1.29 is 0 Å². The largest absolute Gasteiger partial charge is 0.352 e. The van der Waals surface area contributed by atoms with Crippen LogP contribution in [0.1, 0.15) is 42.6 Å². The summed E-state index contributed by atoms with van der Waals surface area (Å²) in [7, 11) is 1.78. The van der Waals surface area contributed by atoms with Gasteiger partial charge in [0.1, 0.15) is 0 Å². The van der Waals surface area contributed by atoms with Crippen LogP contribution in [0.4, 0.5) is 0 Å². The molecule has 0 spiro atoms. The highest BCUT2D eigenvalue weighted by Crippen LogP contribution is 2.14. The zero-order valence-electron chi connectivity index (χ0n) is 18.1. The molecular formula is C23H32IN7. The summed E-state index contributed by atoms with van der Waals surface area (Å²) in [6, 6.07) is 14.7. The predicted molar refractivity (Wildman–Crippen MR) is 136 cm³/mol. The molecule has 0 atom stereocenters. The third-order valence-electron chi connectivity index (χ3n) is 5.58. The highest BCUT2D eigenvalue weighted by molar-refractivity contribution is 14.0. The molecule has 1 fully saturated rings. The van der Waals surface area contributed by atoms with E-state index in [4.69, 9.17) is 0 Å². The molecule has 2 N–H and O–H groups in total. The second-order valence-electron chi connectivity index (χ2n) is 7.83. The Morgan fingerprint density at radius 3 is 2.52 bits per heavy atom. The fraction of sp³-hybridized carbons (Fsp3) is 0.435. The number of rotatable bonds is 6. The van der Waals surface area contributed by atoms with Gasteiger partial charge in [-0.1, -0.05) is 43.2 Å². The second-order valence-corrected chi connectivity index (χ2v) is 7.83. The number of pyridine rings is 1. The first kappa shape index (κ1) is 23.5. The average Bonchev–Trinajstić information content (AvgIpc) is 3.01. The van der Waals surface area contributed by atoms with E-state index in [1.54, 1.807) is 7.05 Å². The van der Waals surface area contributed by atoms with Gasteiger partial charge in [-0.3, -0.25) is 14.3 Å². The minimum absolute atomic E-state index is 0. The van der Waals surface area contributed by atoms with Crippen molar-refractivity contribution in [3.63, 3.8) is 0 Å². The molecule has 0 amide bonds. The van der Waals surface area contributed by atoms with E-state index in [0.717, 1.165) is 30.5 Å². The number of likely N-dealkylation sites (tertiary alicyclic amines) is 1. The van der Waals surface area contributed by atoms with Crippen LogP contribution in [-0.4, -0.2) is 45.6 Å². The van der Waals surface area contributed by atoms with Crippen molar-refractivity contribution in [2.24, 2.45) is 4.99 Å². The van der Waals surface area contributed by atoms with E-state index in [-0.39, 0.29) is 24.0 Å². The maximum Gasteiger partial charge on any atom is 0.191 e. The number of hydrogen-bond acceptors (Lipinski definition) is 4. The minimum Gasteiger partial charge on any atom is -0.352 e. The van der Waals surface area contributed by atoms with E-state index in [9.17, 15) is 0 Å². The standard InChI is InChI=1S/C23H31N7.HI/c1-24-23(26-17-22-28-27-21-11-4-7-14-30(21)22)25-16-19-9-8-10-20(15-19)18-29-12-5-2-3-6-13-29;/h4,7-11,14-15H,2-3,5-6,12-13,16-18H2,1H3,(H2,24,25,26);1H. The average molecular weight is 533 g/mol. The lowest BCUT2D eigenvalue weighted by Gasteiger charge is -2.20. The maximum absolute atomic E-state index is 4.34. The molecule has 0 radical (unpaired) electrons. The predicted octanol–water partition coefficient (Wildman–Crippen LogP) is 3.59. The van der Waals surface area contributed by atoms with Crippen LogP contribution in [-0.2, 0) is 19.6 Å². The van der Waals surface area contributed by atoms with Crippen LogP contribution in [0, 0.1) is 0 Å². The van der Waals surface area contributed by atoms with Crippen molar-refractivity contribution in [1.29, 1.82) is 0 Å². The van der Waals surface area contributed by atoms with Gasteiger partial charge >= 0.3 is 0 Å². The second kappa shape index (κ2) is 12.0. The number of aromatic nitrogens is 3. The highest BCUT2D eigenvalue weighted by Gasteiger charge is 2.10. The molecule has 0 saturated carbocycles. The third kappa shape index (κ3) is 6.64. The summed E-state index contributed by atoms with van der Waals surface area (Å²) in [5, 5.41) is 15.2. The molecule has 2 aromatic heterocycles. The van der Waals surface area contributed by atoms with Crippen LogP contribution < -0.4 is 10.6 Å². The van der Waals surface area contributed by atoms with Gasteiger partial charge in [0.15, 0.2) is 17.4 Å². The fourth-order valence-electron chi connectivity index (χ4n) is 3.97. The number of halogens is 1. The van der Waals surface area contributed by atoms with Crippen molar-refractivity contribution in [2.75, 3.05) is 20.1 Å². The Bertz CT molecular complexity index is 977. The number of aliphatic imine (C=N–C) groups is 1. The van der Waals surface area contributed by atoms with Crippen LogP contribution in [0.15, 0.2) is 53.7 Å². The van der Waals surface area contributed by atoms with E-state index >= 15 is 0 Å². The Kier molecular flexibility index (Phi) is 9.08. The molecule has 3 aromatic rings. The molecule has 4 rings (SSSR count). The van der Waals surface area contributed by atoms with Crippen molar-refractivity contribution in [2.45, 2.75) is 45.3 Å². The van der Waals surface area contributed by atoms with Crippen molar-refractivity contribution in [3.05, 3.63) is 65.6 Å². The van der Waals surface area contributed by atoms with E-state index in [0.29, 0.717) is 6.54 Å². The molecule has 7 nitrogen and oxygen atoms in total. The number of hydrogen-bond donors (Lipinski definition) is 2. The Hall–Kier alpha value is -2.20. The summed E-state index contributed by atoms with van der Waals surface area (Å²) in [6.07, 6.45) is 7.36. The number of guanidine groups is 1. The van der Waals surface area contributed by atoms with Crippen molar-refractivity contribution >= 4 is 35.6 Å². The van der Waals surface area contributed by atoms with Crippen LogP contribution in [0.25, 0.3) is 5.65 Å². The minimum atomic E-state index is 0. The number of benzene rings is 1. The molecule has 0 aliphatic carbocycles. The van der Waals surface area contributed by atoms with E-state index in [1.807, 2.05) is 28.8 Å². The number of fused-ring (bicyclic) bond motifs is 1. The Labute approximate surface area is 201 Å². The van der Waals surface area contributed by atoms with Crippen LogP contribution in [0.5, 0.6) is 0 Å². The molecule has 3 heterocycles. The molecule has 1 aromatic carbocycles. The van der Waals surface area contributed by atoms with Gasteiger partial charge < -0.3 is 10.6 Å². The van der Waals surface area contributed by atoms with E-state index in [1.165, 1.54) is 49.9 Å². The molecule has 31 heavy (non-hydrogen) atoms. The van der Waals surface area contributed by atoms with Gasteiger partial charge in [-0.05, 0) is 49.2 Å². The maximum atomic E-state index is 4.34. The summed E-state index contributed by atoms with van der Waals surface area (Å²) in [4.78, 5) is 6.92. The molecule has 0 bridgehead atoms. The van der Waals surface area contributed by atoms with Crippen LogP contribution in [0.2, 0.25) is 0 Å². The number of nitrogens with zero attached hydrogens (tertiary/aromatic N) is 5. The molecule has 1 saturated heterocycles. The van der Waals surface area contributed by atoms with Crippen LogP contribution in [0.3, 0.4) is 0 Å². The van der Waals surface area contributed by atoms with Gasteiger partial charge in [-0.25, -0.2) is 0 Å². The Morgan fingerprint density at radius 2 is 1.71 bits per heavy atom. The highest BCUT2D eigenvalue weighted by atomic mass is 127. The Balaban J connectivity index is 0.00000272. The van der Waals surface area contributed by atoms with E-state index < -0.39 is 0 Å². The normalized spacial score (nSPS) is 15.3. The smallest absolute Gasteiger partial charge is 0.191 e. The molecule has 1 aliphatic rings. The third-order valence-corrected chi connectivity index (χ3v) is 5.58. The first-order valence-corrected chi connectivity index (χ1v) is 10.8. The van der Waals surface area contributed by atoms with Crippen molar-refractivity contribution in [1.82, 2.24) is 30.1 Å². The lowest BCUT2D eigenvalue weighted by atomic mass is 10.1. The molecule has 0 unspecified atom stereocenters. The van der Waals surface area contributed by atoms with Gasteiger partial charge in [0.2, 0.25) is 0 Å². The van der Waals surface area contributed by atoms with Gasteiger partial charge in [-0.2, -0.15) is 0 Å². The van der Waals surface area contributed by atoms with Crippen LogP contribution >= 0.6 is 24.0 Å². The van der Waals surface area contributed by atoms with Crippen molar-refractivity contribution in [3.8, 4) is 0 Å². The lowest BCUT2D eigenvalue weighted by molar-refractivity contribution is 0.277. The summed E-state index contributed by atoms with van der Waals surface area (Å²) in [5.74, 6) is 1.61. The van der Waals surface area contributed by atoms with Gasteiger partial charge in [0.25, 0.3) is 0 Å². The summed E-state index contributed by atoms with van der Waals surface area (Å²) in [6.45, 7) is 4.77. The van der Waals surface area contributed by atoms with Gasteiger partial charge in [0, 0.05) is 26.3 Å². The SMILES string of the molecule is CN=C(NCc1cccc(CN2CCCCCC2)c1)NCc1nnc2ccccn12.I. The summed E-state index contributed by atoms with van der Waals surface area (Å²) in [5.41, 5.74) is 3.49. The number of nitrogens with one attached hydrogen (secondary N) is 2. The summed E-state index contributed by atoms with van der Waals surface area (Å²) >= 11 is 0.